The molecule has 0 bridgehead atoms. The topological polar surface area (TPSA) is 51.6 Å². The van der Waals surface area contributed by atoms with Crippen LogP contribution in [0.25, 0.3) is 89.8 Å². The second kappa shape index (κ2) is 14.3. The Morgan fingerprint density at radius 1 is 0.328 bits per heavy atom. The van der Waals surface area contributed by atoms with E-state index in [2.05, 4.69) is 164 Å². The van der Waals surface area contributed by atoms with Crippen molar-refractivity contribution in [3.8, 4) is 89.8 Å². The first-order chi connectivity index (χ1) is 28.4. The Balaban J connectivity index is 1.12. The fourth-order valence-corrected chi connectivity index (χ4v) is 8.30. The summed E-state index contributed by atoms with van der Waals surface area (Å²) in [5.41, 5.74) is 18.1. The average Bonchev–Trinajstić information content (AvgIpc) is 3.52. The van der Waals surface area contributed by atoms with Gasteiger partial charge in [0.05, 0.1) is 0 Å². The summed E-state index contributed by atoms with van der Waals surface area (Å²) in [6, 6.07) is 64.5. The zero-order chi connectivity index (χ0) is 39.2. The van der Waals surface area contributed by atoms with Crippen LogP contribution in [0.1, 0.15) is 30.7 Å². The van der Waals surface area contributed by atoms with E-state index < -0.39 is 0 Å². The van der Waals surface area contributed by atoms with Crippen LogP contribution in [0.5, 0.6) is 0 Å². The van der Waals surface area contributed by atoms with Crippen molar-refractivity contribution in [2.75, 3.05) is 0 Å². The monoisotopic (exact) mass is 744 g/mol. The molecule has 0 spiro atoms. The molecule has 0 saturated carbocycles. The number of hydrogen-bond donors (Lipinski definition) is 0. The SMILES string of the molecule is Cc1ccc(-c2cccc(-c3ccc(-c4cc(-c5ccc6c(c5)-c5ccccc5C6(C)C)cc(-c5nc(-c6ccccc6)nc(-c6ccccc6)n5)c4)cc3)c2)cn1. The van der Waals surface area contributed by atoms with Crippen LogP contribution in [0.2, 0.25) is 0 Å². The summed E-state index contributed by atoms with van der Waals surface area (Å²) in [7, 11) is 0. The molecule has 0 fully saturated rings. The lowest BCUT2D eigenvalue weighted by molar-refractivity contribution is 0.660. The smallest absolute Gasteiger partial charge is 0.164 e. The van der Waals surface area contributed by atoms with Crippen molar-refractivity contribution in [2.24, 2.45) is 0 Å². The second-order valence-electron chi connectivity index (χ2n) is 15.6. The highest BCUT2D eigenvalue weighted by Gasteiger charge is 2.35. The van der Waals surface area contributed by atoms with Gasteiger partial charge in [0.25, 0.3) is 0 Å². The number of aromatic nitrogens is 4. The molecule has 0 N–H and O–H groups in total. The number of benzene rings is 7. The van der Waals surface area contributed by atoms with Gasteiger partial charge in [0.1, 0.15) is 0 Å². The Hall–Kier alpha value is -7.30. The molecule has 0 radical (unpaired) electrons. The van der Waals surface area contributed by atoms with Crippen LogP contribution < -0.4 is 0 Å². The third-order valence-corrected chi connectivity index (χ3v) is 11.5. The van der Waals surface area contributed by atoms with E-state index in [1.54, 1.807) is 0 Å². The molecule has 10 rings (SSSR count). The van der Waals surface area contributed by atoms with Gasteiger partial charge in [-0.25, -0.2) is 15.0 Å². The minimum absolute atomic E-state index is 0.0672. The first-order valence-corrected chi connectivity index (χ1v) is 19.8. The van der Waals surface area contributed by atoms with E-state index in [4.69, 9.17) is 15.0 Å². The molecule has 2 aromatic heterocycles. The molecule has 1 aliphatic rings. The van der Waals surface area contributed by atoms with Crippen molar-refractivity contribution in [3.63, 3.8) is 0 Å². The van der Waals surface area contributed by atoms with Gasteiger partial charge in [-0.15, -0.1) is 0 Å². The summed E-state index contributed by atoms with van der Waals surface area (Å²) in [6.45, 7) is 6.66. The molecule has 2 heterocycles. The van der Waals surface area contributed by atoms with Crippen LogP contribution in [0.15, 0.2) is 188 Å². The molecule has 4 heteroatoms. The molecule has 7 aromatic carbocycles. The number of aryl methyl sites for hydroxylation is 1. The van der Waals surface area contributed by atoms with Crippen molar-refractivity contribution in [1.29, 1.82) is 0 Å². The third kappa shape index (κ3) is 6.49. The van der Waals surface area contributed by atoms with E-state index in [1.165, 1.54) is 22.3 Å². The Morgan fingerprint density at radius 2 is 0.776 bits per heavy atom. The van der Waals surface area contributed by atoms with E-state index in [1.807, 2.05) is 49.5 Å². The quantitative estimate of drug-likeness (QED) is 0.163. The van der Waals surface area contributed by atoms with E-state index in [0.29, 0.717) is 17.5 Å². The first-order valence-electron chi connectivity index (χ1n) is 19.8. The maximum Gasteiger partial charge on any atom is 0.164 e. The summed E-state index contributed by atoms with van der Waals surface area (Å²) in [5.74, 6) is 1.91. The van der Waals surface area contributed by atoms with Crippen molar-refractivity contribution >= 4 is 0 Å². The predicted molar refractivity (Wildman–Crippen MR) is 238 cm³/mol. The minimum atomic E-state index is -0.0672. The Morgan fingerprint density at radius 3 is 1.41 bits per heavy atom. The molecule has 58 heavy (non-hydrogen) atoms. The van der Waals surface area contributed by atoms with Crippen molar-refractivity contribution in [3.05, 3.63) is 205 Å². The van der Waals surface area contributed by atoms with Crippen LogP contribution in [0.4, 0.5) is 0 Å². The summed E-state index contributed by atoms with van der Waals surface area (Å²) in [6.07, 6.45) is 1.95. The number of nitrogens with zero attached hydrogens (tertiary/aromatic N) is 4. The molecule has 0 unspecified atom stereocenters. The lowest BCUT2D eigenvalue weighted by Crippen LogP contribution is -2.14. The fourth-order valence-electron chi connectivity index (χ4n) is 8.30. The lowest BCUT2D eigenvalue weighted by atomic mass is 9.82. The Kier molecular flexibility index (Phi) is 8.68. The maximum absolute atomic E-state index is 5.14. The summed E-state index contributed by atoms with van der Waals surface area (Å²) in [5, 5.41) is 0. The first kappa shape index (κ1) is 35.1. The zero-order valence-corrected chi connectivity index (χ0v) is 32.7. The van der Waals surface area contributed by atoms with Gasteiger partial charge >= 0.3 is 0 Å². The number of hydrogen-bond acceptors (Lipinski definition) is 4. The van der Waals surface area contributed by atoms with E-state index >= 15 is 0 Å². The summed E-state index contributed by atoms with van der Waals surface area (Å²) < 4.78 is 0. The van der Waals surface area contributed by atoms with E-state index in [-0.39, 0.29) is 5.41 Å². The van der Waals surface area contributed by atoms with E-state index in [0.717, 1.165) is 66.9 Å². The molecule has 276 valence electrons. The second-order valence-corrected chi connectivity index (χ2v) is 15.6. The average molecular weight is 745 g/mol. The molecular weight excluding hydrogens is 705 g/mol. The molecule has 0 saturated heterocycles. The Bertz CT molecular complexity index is 2890. The normalized spacial score (nSPS) is 12.5. The van der Waals surface area contributed by atoms with Crippen LogP contribution in [-0.4, -0.2) is 19.9 Å². The molecule has 0 amide bonds. The van der Waals surface area contributed by atoms with Gasteiger partial charge in [-0.05, 0) is 105 Å². The number of fused-ring (bicyclic) bond motifs is 3. The van der Waals surface area contributed by atoms with Gasteiger partial charge in [0.15, 0.2) is 17.5 Å². The number of rotatable bonds is 7. The summed E-state index contributed by atoms with van der Waals surface area (Å²) in [4.78, 5) is 19.8. The molecule has 1 aliphatic carbocycles. The third-order valence-electron chi connectivity index (χ3n) is 11.5. The highest BCUT2D eigenvalue weighted by atomic mass is 15.0. The van der Waals surface area contributed by atoms with Gasteiger partial charge in [0.2, 0.25) is 0 Å². The Labute approximate surface area is 339 Å². The van der Waals surface area contributed by atoms with Crippen molar-refractivity contribution in [2.45, 2.75) is 26.2 Å². The van der Waals surface area contributed by atoms with Crippen molar-refractivity contribution in [1.82, 2.24) is 19.9 Å². The fraction of sp³-hybridized carbons (Fsp3) is 0.0741. The highest BCUT2D eigenvalue weighted by Crippen LogP contribution is 2.49. The van der Waals surface area contributed by atoms with Gasteiger partial charge < -0.3 is 0 Å². The minimum Gasteiger partial charge on any atom is -0.261 e. The van der Waals surface area contributed by atoms with Gasteiger partial charge in [-0.2, -0.15) is 0 Å². The summed E-state index contributed by atoms with van der Waals surface area (Å²) >= 11 is 0. The predicted octanol–water partition coefficient (Wildman–Crippen LogP) is 13.6. The largest absolute Gasteiger partial charge is 0.261 e. The van der Waals surface area contributed by atoms with Crippen LogP contribution in [0.3, 0.4) is 0 Å². The van der Waals surface area contributed by atoms with Crippen LogP contribution in [-0.2, 0) is 5.41 Å². The van der Waals surface area contributed by atoms with Crippen LogP contribution in [0, 0.1) is 6.92 Å². The van der Waals surface area contributed by atoms with Gasteiger partial charge in [0, 0.05) is 39.6 Å². The molecular formula is C54H40N4. The standard InChI is InChI=1S/C54H40N4/c1-35-21-22-43(34-55-35)41-18-12-17-40(29-41)36-23-25-37(26-24-36)44-30-45(42-27-28-50-48(33-42)47-19-10-11-20-49(47)54(50,2)3)32-46(31-44)53-57-51(38-13-6-4-7-14-38)56-52(58-53)39-15-8-5-9-16-39/h4-34H,1-3H3. The molecule has 0 aliphatic heterocycles. The molecule has 9 aromatic rings. The number of pyridine rings is 1. The maximum atomic E-state index is 5.14. The molecule has 0 atom stereocenters. The zero-order valence-electron chi connectivity index (χ0n) is 32.7. The van der Waals surface area contributed by atoms with E-state index in [9.17, 15) is 0 Å². The lowest BCUT2D eigenvalue weighted by Gasteiger charge is -2.21. The van der Waals surface area contributed by atoms with Gasteiger partial charge in [-0.3, -0.25) is 4.98 Å². The molecule has 4 nitrogen and oxygen atoms in total. The highest BCUT2D eigenvalue weighted by molar-refractivity contribution is 5.87. The van der Waals surface area contributed by atoms with Crippen LogP contribution >= 0.6 is 0 Å². The van der Waals surface area contributed by atoms with Gasteiger partial charge in [-0.1, -0.05) is 159 Å². The van der Waals surface area contributed by atoms with Crippen molar-refractivity contribution < 1.29 is 0 Å².